The lowest BCUT2D eigenvalue weighted by molar-refractivity contribution is 0.275. The Balaban J connectivity index is 0.000000941. The van der Waals surface area contributed by atoms with Gasteiger partial charge >= 0.3 is 0 Å². The Hall–Kier alpha value is -2.76. The molecule has 1 aromatic heterocycles. The summed E-state index contributed by atoms with van der Waals surface area (Å²) >= 11 is 0. The quantitative estimate of drug-likeness (QED) is 0.581. The van der Waals surface area contributed by atoms with Crippen molar-refractivity contribution in [2.75, 3.05) is 44.7 Å². The molecule has 0 bridgehead atoms. The minimum absolute atomic E-state index is 0.390. The van der Waals surface area contributed by atoms with Gasteiger partial charge in [-0.25, -0.2) is 14.4 Å². The number of ether oxygens (including phenoxy) is 1. The molecular formula is C21H29FN6O. The van der Waals surface area contributed by atoms with Gasteiger partial charge in [-0.1, -0.05) is 13.2 Å². The summed E-state index contributed by atoms with van der Waals surface area (Å²) in [6.07, 6.45) is 1.51. The van der Waals surface area contributed by atoms with E-state index in [9.17, 15) is 4.39 Å². The van der Waals surface area contributed by atoms with E-state index in [-0.39, 0.29) is 0 Å². The molecule has 2 aliphatic heterocycles. The van der Waals surface area contributed by atoms with Gasteiger partial charge < -0.3 is 15.0 Å². The Labute approximate surface area is 172 Å². The van der Waals surface area contributed by atoms with Crippen molar-refractivity contribution in [1.82, 2.24) is 20.2 Å². The lowest BCUT2D eigenvalue weighted by Crippen LogP contribution is -2.44. The predicted molar refractivity (Wildman–Crippen MR) is 112 cm³/mol. The number of rotatable bonds is 6. The van der Waals surface area contributed by atoms with E-state index in [0.717, 1.165) is 49.1 Å². The molecule has 2 aliphatic rings. The molecule has 0 aromatic carbocycles. The van der Waals surface area contributed by atoms with Crippen molar-refractivity contribution in [2.24, 2.45) is 0 Å². The smallest absolute Gasteiger partial charge is 0.137 e. The van der Waals surface area contributed by atoms with E-state index >= 15 is 0 Å². The summed E-state index contributed by atoms with van der Waals surface area (Å²) in [4.78, 5) is 13.8. The van der Waals surface area contributed by atoms with Crippen molar-refractivity contribution in [3.63, 3.8) is 0 Å². The number of hydrogen-bond acceptors (Lipinski definition) is 7. The van der Waals surface area contributed by atoms with E-state index in [1.54, 1.807) is 6.07 Å². The summed E-state index contributed by atoms with van der Waals surface area (Å²) in [7, 11) is 1.51. The minimum Gasteiger partial charge on any atom is -0.496 e. The molecule has 0 spiro atoms. The van der Waals surface area contributed by atoms with Crippen molar-refractivity contribution in [1.29, 1.82) is 5.26 Å². The van der Waals surface area contributed by atoms with Crippen LogP contribution in [0.3, 0.4) is 0 Å². The summed E-state index contributed by atoms with van der Waals surface area (Å²) < 4.78 is 19.2. The fraction of sp³-hybridized carbons (Fsp3) is 0.476. The first-order valence-corrected chi connectivity index (χ1v) is 9.54. The van der Waals surface area contributed by atoms with E-state index < -0.39 is 5.83 Å². The molecule has 3 heterocycles. The maximum Gasteiger partial charge on any atom is 0.137 e. The van der Waals surface area contributed by atoms with Crippen LogP contribution >= 0.6 is 0 Å². The van der Waals surface area contributed by atoms with Crippen molar-refractivity contribution < 1.29 is 9.13 Å². The highest BCUT2D eigenvalue weighted by Gasteiger charge is 2.29. The van der Waals surface area contributed by atoms with Crippen LogP contribution in [0, 0.1) is 18.3 Å². The molecule has 0 amide bonds. The topological polar surface area (TPSA) is 77.3 Å². The number of nitriles is 1. The van der Waals surface area contributed by atoms with Crippen LogP contribution in [0.15, 0.2) is 36.4 Å². The normalized spacial score (nSPS) is 16.7. The first kappa shape index (κ1) is 22.5. The first-order chi connectivity index (χ1) is 13.9. The Morgan fingerprint density at radius 3 is 2.55 bits per heavy atom. The monoisotopic (exact) mass is 400 g/mol. The predicted octanol–water partition coefficient (Wildman–Crippen LogP) is 2.61. The number of fused-ring (bicyclic) bond motifs is 1. The molecule has 1 fully saturated rings. The molecule has 156 valence electrons. The number of nitrogens with zero attached hydrogens (tertiary/aromatic N) is 5. The molecule has 0 unspecified atom stereocenters. The number of piperazine rings is 1. The maximum absolute atomic E-state index is 14.0. The molecule has 0 radical (unpaired) electrons. The summed E-state index contributed by atoms with van der Waals surface area (Å²) in [6.45, 7) is 16.0. The van der Waals surface area contributed by atoms with Gasteiger partial charge in [-0.2, -0.15) is 5.26 Å². The van der Waals surface area contributed by atoms with Crippen LogP contribution in [0.2, 0.25) is 0 Å². The van der Waals surface area contributed by atoms with Gasteiger partial charge in [0, 0.05) is 63.9 Å². The van der Waals surface area contributed by atoms with Gasteiger partial charge in [-0.3, -0.25) is 4.90 Å². The molecule has 0 saturated carbocycles. The van der Waals surface area contributed by atoms with Crippen molar-refractivity contribution in [2.45, 2.75) is 26.9 Å². The van der Waals surface area contributed by atoms with E-state index in [4.69, 9.17) is 15.0 Å². The van der Waals surface area contributed by atoms with Crippen LogP contribution < -0.4 is 10.2 Å². The number of anilines is 1. The minimum atomic E-state index is -0.498. The zero-order chi connectivity index (χ0) is 21.4. The van der Waals surface area contributed by atoms with Gasteiger partial charge in [0.05, 0.1) is 18.9 Å². The average Bonchev–Trinajstić information content (AvgIpc) is 3.11. The molecule has 1 N–H and O–H groups in total. The Morgan fingerprint density at radius 2 is 2.00 bits per heavy atom. The van der Waals surface area contributed by atoms with Crippen molar-refractivity contribution in [3.05, 3.63) is 53.5 Å². The number of allylic oxidation sites excluding steroid dienone is 1. The summed E-state index contributed by atoms with van der Waals surface area (Å²) in [5, 5.41) is 10.7. The number of halogens is 1. The van der Waals surface area contributed by atoms with Gasteiger partial charge in [0.2, 0.25) is 0 Å². The third-order valence-corrected chi connectivity index (χ3v) is 4.77. The van der Waals surface area contributed by atoms with E-state index in [0.29, 0.717) is 31.0 Å². The molecule has 3 rings (SSSR count). The van der Waals surface area contributed by atoms with Gasteiger partial charge in [-0.15, -0.1) is 0 Å². The highest BCUT2D eigenvalue weighted by atomic mass is 19.1. The Kier molecular flexibility index (Phi) is 8.31. The van der Waals surface area contributed by atoms with Gasteiger partial charge in [0.15, 0.2) is 0 Å². The molecule has 29 heavy (non-hydrogen) atoms. The third-order valence-electron chi connectivity index (χ3n) is 4.77. The lowest BCUT2D eigenvalue weighted by Gasteiger charge is -2.30. The Morgan fingerprint density at radius 1 is 1.34 bits per heavy atom. The van der Waals surface area contributed by atoms with E-state index in [1.165, 1.54) is 20.1 Å². The molecule has 0 atom stereocenters. The number of aryl methyl sites for hydroxylation is 1. The SMILES string of the molecule is C=C/C(OC)=C(/CN1Cc2nc(C)nc(N3CCNCC3)c2C1)C(=C)F.CC#N. The summed E-state index contributed by atoms with van der Waals surface area (Å²) in [5.41, 5.74) is 2.58. The molecule has 8 heteroatoms. The van der Waals surface area contributed by atoms with Crippen LogP contribution in [-0.4, -0.2) is 54.7 Å². The Bertz CT molecular complexity index is 823. The highest BCUT2D eigenvalue weighted by molar-refractivity contribution is 5.51. The van der Waals surface area contributed by atoms with E-state index in [1.807, 2.05) is 6.92 Å². The molecular weight excluding hydrogens is 371 g/mol. The number of methoxy groups -OCH3 is 1. The van der Waals surface area contributed by atoms with Crippen LogP contribution in [0.25, 0.3) is 0 Å². The number of nitrogens with one attached hydrogen (secondary N) is 1. The van der Waals surface area contributed by atoms with Crippen LogP contribution in [0.1, 0.15) is 24.0 Å². The van der Waals surface area contributed by atoms with Crippen molar-refractivity contribution in [3.8, 4) is 6.07 Å². The summed E-state index contributed by atoms with van der Waals surface area (Å²) in [6, 6.07) is 1.75. The van der Waals surface area contributed by atoms with Crippen LogP contribution in [0.4, 0.5) is 10.2 Å². The molecule has 1 aromatic rings. The second kappa shape index (κ2) is 10.7. The fourth-order valence-corrected chi connectivity index (χ4v) is 3.52. The second-order valence-electron chi connectivity index (χ2n) is 6.78. The average molecular weight is 401 g/mol. The largest absolute Gasteiger partial charge is 0.496 e. The third kappa shape index (κ3) is 5.62. The maximum atomic E-state index is 14.0. The highest BCUT2D eigenvalue weighted by Crippen LogP contribution is 2.31. The first-order valence-electron chi connectivity index (χ1n) is 9.54. The van der Waals surface area contributed by atoms with E-state index in [2.05, 4.69) is 33.3 Å². The second-order valence-corrected chi connectivity index (χ2v) is 6.78. The molecule has 0 aliphatic carbocycles. The zero-order valence-electron chi connectivity index (χ0n) is 17.5. The van der Waals surface area contributed by atoms with Crippen molar-refractivity contribution >= 4 is 5.82 Å². The number of aromatic nitrogens is 2. The zero-order valence-corrected chi connectivity index (χ0v) is 17.5. The van der Waals surface area contributed by atoms with Gasteiger partial charge in [0.25, 0.3) is 0 Å². The van der Waals surface area contributed by atoms with Crippen LogP contribution in [-0.2, 0) is 17.8 Å². The fourth-order valence-electron chi connectivity index (χ4n) is 3.52. The van der Waals surface area contributed by atoms with Gasteiger partial charge in [-0.05, 0) is 13.0 Å². The van der Waals surface area contributed by atoms with Crippen LogP contribution in [0.5, 0.6) is 0 Å². The standard InChI is InChI=1S/C19H26FN5O.C2H3N/c1-5-18(26-4)15(13(2)20)10-24-11-16-17(12-24)22-14(3)23-19(16)25-8-6-21-7-9-25;1-2-3/h5,21H,1-2,6-12H2,3-4H3;1H3/b18-15+;. The number of hydrogen-bond donors (Lipinski definition) is 1. The lowest BCUT2D eigenvalue weighted by atomic mass is 10.2. The van der Waals surface area contributed by atoms with Gasteiger partial charge in [0.1, 0.15) is 23.2 Å². The molecule has 1 saturated heterocycles. The molecule has 7 nitrogen and oxygen atoms in total. The summed E-state index contributed by atoms with van der Waals surface area (Å²) in [5.74, 6) is 1.70.